The molecule has 78 valence electrons. The first-order valence-electron chi connectivity index (χ1n) is 4.03. The average Bonchev–Trinajstić information content (AvgIpc) is 2.11. The maximum Gasteiger partial charge on any atom is 0.146 e. The lowest BCUT2D eigenvalue weighted by atomic mass is 9.94. The van der Waals surface area contributed by atoms with Crippen LogP contribution in [0, 0.1) is 5.82 Å². The van der Waals surface area contributed by atoms with Crippen molar-refractivity contribution in [1.82, 2.24) is 0 Å². The lowest BCUT2D eigenvalue weighted by molar-refractivity contribution is 0.210. The molecule has 1 aromatic carbocycles. The number of nitrogens with two attached hydrogens (primary N) is 2. The van der Waals surface area contributed by atoms with Crippen LogP contribution < -0.4 is 11.5 Å². The lowest BCUT2D eigenvalue weighted by Crippen LogP contribution is -2.37. The average molecular weight is 219 g/mol. The summed E-state index contributed by atoms with van der Waals surface area (Å²) >= 11 is 5.83. The van der Waals surface area contributed by atoms with Gasteiger partial charge in [-0.15, -0.1) is 0 Å². The Morgan fingerprint density at radius 2 is 2.14 bits per heavy atom. The van der Waals surface area contributed by atoms with Gasteiger partial charge in [0, 0.05) is 5.02 Å². The third-order valence-corrected chi connectivity index (χ3v) is 2.34. The van der Waals surface area contributed by atoms with Crippen molar-refractivity contribution in [1.29, 1.82) is 0 Å². The van der Waals surface area contributed by atoms with Crippen LogP contribution >= 0.6 is 11.6 Å². The van der Waals surface area contributed by atoms with Crippen molar-refractivity contribution in [2.45, 2.75) is 12.5 Å². The van der Waals surface area contributed by atoms with E-state index >= 15 is 0 Å². The summed E-state index contributed by atoms with van der Waals surface area (Å²) < 4.78 is 13.1. The summed E-state index contributed by atoms with van der Waals surface area (Å²) in [4.78, 5) is 0. The summed E-state index contributed by atoms with van der Waals surface area (Å²) in [6.07, 6.45) is 0. The first-order valence-corrected chi connectivity index (χ1v) is 4.41. The molecule has 0 saturated carbocycles. The molecule has 3 nitrogen and oxygen atoms in total. The van der Waals surface area contributed by atoms with Crippen molar-refractivity contribution in [3.05, 3.63) is 28.5 Å². The number of rotatable bonds is 2. The van der Waals surface area contributed by atoms with Crippen molar-refractivity contribution in [2.24, 2.45) is 5.73 Å². The summed E-state index contributed by atoms with van der Waals surface area (Å²) in [5.74, 6) is -0.588. The fourth-order valence-electron chi connectivity index (χ4n) is 1.09. The van der Waals surface area contributed by atoms with E-state index in [4.69, 9.17) is 28.2 Å². The van der Waals surface area contributed by atoms with E-state index < -0.39 is 11.4 Å². The monoisotopic (exact) mass is 218 g/mol. The number of anilines is 1. The van der Waals surface area contributed by atoms with E-state index in [1.165, 1.54) is 6.07 Å². The fraction of sp³-hybridized carbons (Fsp3) is 0.333. The third kappa shape index (κ3) is 1.97. The second-order valence-corrected chi connectivity index (χ2v) is 3.84. The minimum absolute atomic E-state index is 0.0347. The Balaban J connectivity index is 3.29. The predicted molar refractivity (Wildman–Crippen MR) is 54.4 cm³/mol. The summed E-state index contributed by atoms with van der Waals surface area (Å²) in [5.41, 5.74) is 10.3. The van der Waals surface area contributed by atoms with Crippen LogP contribution in [0.15, 0.2) is 12.1 Å². The molecule has 1 aromatic rings. The Morgan fingerprint density at radius 3 is 2.64 bits per heavy atom. The molecule has 14 heavy (non-hydrogen) atoms. The minimum atomic E-state index is -1.06. The standard InChI is InChI=1S/C9H12ClFN2O/c1-9(13,4-14)5-2-7(11)8(12)3-6(5)10/h2-3,14H,4,12-13H2,1H3. The van der Waals surface area contributed by atoms with Gasteiger partial charge in [0.25, 0.3) is 0 Å². The minimum Gasteiger partial charge on any atom is -0.396 e. The van der Waals surface area contributed by atoms with E-state index in [1.54, 1.807) is 6.92 Å². The van der Waals surface area contributed by atoms with E-state index in [0.717, 1.165) is 6.07 Å². The van der Waals surface area contributed by atoms with Crippen LogP contribution in [0.1, 0.15) is 12.5 Å². The molecule has 5 N–H and O–H groups in total. The second-order valence-electron chi connectivity index (χ2n) is 3.43. The van der Waals surface area contributed by atoms with Gasteiger partial charge in [0.2, 0.25) is 0 Å². The van der Waals surface area contributed by atoms with Crippen LogP contribution in [-0.2, 0) is 5.54 Å². The van der Waals surface area contributed by atoms with Crippen molar-refractivity contribution in [2.75, 3.05) is 12.3 Å². The van der Waals surface area contributed by atoms with Gasteiger partial charge in [-0.3, -0.25) is 0 Å². The quantitative estimate of drug-likeness (QED) is 0.654. The maximum atomic E-state index is 13.1. The number of hydrogen-bond acceptors (Lipinski definition) is 3. The van der Waals surface area contributed by atoms with Crippen LogP contribution in [-0.4, -0.2) is 11.7 Å². The van der Waals surface area contributed by atoms with E-state index in [2.05, 4.69) is 0 Å². The topological polar surface area (TPSA) is 72.3 Å². The summed E-state index contributed by atoms with van der Waals surface area (Å²) in [5, 5.41) is 9.25. The molecule has 0 aliphatic heterocycles. The highest BCUT2D eigenvalue weighted by Crippen LogP contribution is 2.29. The van der Waals surface area contributed by atoms with Gasteiger partial charge in [-0.1, -0.05) is 11.6 Å². The van der Waals surface area contributed by atoms with Gasteiger partial charge in [0.05, 0.1) is 17.8 Å². The zero-order valence-electron chi connectivity index (χ0n) is 7.72. The lowest BCUT2D eigenvalue weighted by Gasteiger charge is -2.23. The second kappa shape index (κ2) is 3.73. The third-order valence-electron chi connectivity index (χ3n) is 2.03. The molecule has 0 aromatic heterocycles. The Morgan fingerprint density at radius 1 is 1.57 bits per heavy atom. The van der Waals surface area contributed by atoms with E-state index in [1.807, 2.05) is 0 Å². The van der Waals surface area contributed by atoms with E-state index in [0.29, 0.717) is 5.56 Å². The van der Waals surface area contributed by atoms with Crippen LogP contribution in [0.2, 0.25) is 5.02 Å². The summed E-state index contributed by atoms with van der Waals surface area (Å²) in [6, 6.07) is 2.43. The van der Waals surface area contributed by atoms with E-state index in [9.17, 15) is 4.39 Å². The predicted octanol–water partition coefficient (Wildman–Crippen LogP) is 1.23. The molecule has 0 saturated heterocycles. The van der Waals surface area contributed by atoms with Gasteiger partial charge in [-0.25, -0.2) is 4.39 Å². The van der Waals surface area contributed by atoms with Gasteiger partial charge in [0.15, 0.2) is 0 Å². The molecule has 0 radical (unpaired) electrons. The number of aliphatic hydroxyl groups is 1. The van der Waals surface area contributed by atoms with Crippen molar-refractivity contribution in [3.8, 4) is 0 Å². The molecule has 0 aliphatic rings. The zero-order valence-corrected chi connectivity index (χ0v) is 8.48. The molecule has 0 spiro atoms. The Labute approximate surface area is 86.5 Å². The van der Waals surface area contributed by atoms with Crippen molar-refractivity contribution >= 4 is 17.3 Å². The van der Waals surface area contributed by atoms with Gasteiger partial charge in [-0.2, -0.15) is 0 Å². The SMILES string of the molecule is CC(N)(CO)c1cc(F)c(N)cc1Cl. The van der Waals surface area contributed by atoms with Crippen LogP contribution in [0.3, 0.4) is 0 Å². The molecule has 5 heteroatoms. The van der Waals surface area contributed by atoms with Crippen LogP contribution in [0.5, 0.6) is 0 Å². The molecular formula is C9H12ClFN2O. The van der Waals surface area contributed by atoms with Crippen molar-refractivity contribution < 1.29 is 9.50 Å². The van der Waals surface area contributed by atoms with Crippen LogP contribution in [0.25, 0.3) is 0 Å². The summed E-state index contributed by atoms with van der Waals surface area (Å²) in [7, 11) is 0. The number of benzene rings is 1. The normalized spacial score (nSPS) is 15.2. The van der Waals surface area contributed by atoms with Crippen LogP contribution in [0.4, 0.5) is 10.1 Å². The van der Waals surface area contributed by atoms with Gasteiger partial charge in [-0.05, 0) is 24.6 Å². The number of aliphatic hydroxyl groups excluding tert-OH is 1. The Bertz CT molecular complexity index is 355. The molecule has 0 amide bonds. The largest absolute Gasteiger partial charge is 0.396 e. The number of halogens is 2. The molecule has 0 heterocycles. The van der Waals surface area contributed by atoms with Crippen molar-refractivity contribution in [3.63, 3.8) is 0 Å². The highest BCUT2D eigenvalue weighted by Gasteiger charge is 2.24. The highest BCUT2D eigenvalue weighted by atomic mass is 35.5. The molecular weight excluding hydrogens is 207 g/mol. The highest BCUT2D eigenvalue weighted by molar-refractivity contribution is 6.31. The smallest absolute Gasteiger partial charge is 0.146 e. The number of hydrogen-bond donors (Lipinski definition) is 3. The van der Waals surface area contributed by atoms with E-state index in [-0.39, 0.29) is 17.3 Å². The molecule has 0 aliphatic carbocycles. The zero-order chi connectivity index (χ0) is 10.9. The van der Waals surface area contributed by atoms with Gasteiger partial charge in [0.1, 0.15) is 5.82 Å². The van der Waals surface area contributed by atoms with Gasteiger partial charge >= 0.3 is 0 Å². The summed E-state index contributed by atoms with van der Waals surface area (Å²) in [6.45, 7) is 1.24. The first kappa shape index (κ1) is 11.2. The molecule has 1 rings (SSSR count). The molecule has 1 atom stereocenters. The number of nitrogen functional groups attached to an aromatic ring is 1. The molecule has 1 unspecified atom stereocenters. The maximum absolute atomic E-state index is 13.1. The van der Waals surface area contributed by atoms with Gasteiger partial charge < -0.3 is 16.6 Å². The molecule has 0 bridgehead atoms. The first-order chi connectivity index (χ1) is 6.38. The fourth-order valence-corrected chi connectivity index (χ4v) is 1.47. The Kier molecular flexibility index (Phi) is 2.99. The Hall–Kier alpha value is -0.840. The molecule has 0 fully saturated rings.